The summed E-state index contributed by atoms with van der Waals surface area (Å²) in [5.74, 6) is 0. The molecule has 2 amide bonds. The number of nitrogens with zero attached hydrogens (tertiary/aromatic N) is 2. The first-order chi connectivity index (χ1) is 10.7. The molecule has 22 heavy (non-hydrogen) atoms. The molecule has 0 atom stereocenters. The smallest absolute Gasteiger partial charge is 0.305 e. The second kappa shape index (κ2) is 4.64. The fourth-order valence-corrected chi connectivity index (χ4v) is 3.68. The van der Waals surface area contributed by atoms with Gasteiger partial charge in [-0.3, -0.25) is 9.69 Å². The molecule has 0 saturated carbocycles. The summed E-state index contributed by atoms with van der Waals surface area (Å²) in [6.07, 6.45) is 2.42. The van der Waals surface area contributed by atoms with Crippen molar-refractivity contribution in [1.82, 2.24) is 4.98 Å². The number of aryl methyl sites for hydroxylation is 1. The van der Waals surface area contributed by atoms with Crippen LogP contribution in [0.2, 0.25) is 0 Å². The minimum Gasteiger partial charge on any atom is -0.305 e. The van der Waals surface area contributed by atoms with E-state index in [1.54, 1.807) is 17.2 Å². The van der Waals surface area contributed by atoms with Crippen LogP contribution >= 0.6 is 11.3 Å². The van der Waals surface area contributed by atoms with E-state index in [4.69, 9.17) is 0 Å². The molecule has 0 unspecified atom stereocenters. The number of hydrogen-bond donors (Lipinski definition) is 1. The van der Waals surface area contributed by atoms with Gasteiger partial charge in [0.1, 0.15) is 4.83 Å². The molecule has 0 bridgehead atoms. The Kier molecular flexibility index (Phi) is 2.74. The molecule has 0 radical (unpaired) electrons. The van der Waals surface area contributed by atoms with Gasteiger partial charge in [0.2, 0.25) is 0 Å². The maximum Gasteiger partial charge on any atom is 0.331 e. The number of aldehydes is 1. The zero-order valence-electron chi connectivity index (χ0n) is 11.7. The van der Waals surface area contributed by atoms with Gasteiger partial charge in [0.05, 0.1) is 27.3 Å². The van der Waals surface area contributed by atoms with E-state index in [1.165, 1.54) is 11.3 Å². The van der Waals surface area contributed by atoms with Gasteiger partial charge in [-0.15, -0.1) is 11.3 Å². The van der Waals surface area contributed by atoms with Crippen LogP contribution in [0.25, 0.3) is 10.2 Å². The highest BCUT2D eigenvalue weighted by atomic mass is 32.1. The molecule has 108 valence electrons. The normalized spacial score (nSPS) is 13.3. The molecule has 2 aromatic heterocycles. The highest BCUT2D eigenvalue weighted by Crippen LogP contribution is 2.45. The van der Waals surface area contributed by atoms with Gasteiger partial charge >= 0.3 is 6.03 Å². The SMILES string of the molecule is Cc1ccccc1N1C(=O)Nc2c(C=O)sc3nccc1c23. The Morgan fingerprint density at radius 2 is 2.05 bits per heavy atom. The van der Waals surface area contributed by atoms with Crippen molar-refractivity contribution >= 4 is 50.9 Å². The summed E-state index contributed by atoms with van der Waals surface area (Å²) < 4.78 is 0. The number of rotatable bonds is 2. The molecule has 0 saturated heterocycles. The summed E-state index contributed by atoms with van der Waals surface area (Å²) in [6.45, 7) is 1.96. The number of benzene rings is 1. The number of thiophene rings is 1. The molecule has 0 spiro atoms. The molecular formula is C16H11N3O2S. The summed E-state index contributed by atoms with van der Waals surface area (Å²) in [5, 5.41) is 3.64. The van der Waals surface area contributed by atoms with Crippen LogP contribution in [0.15, 0.2) is 36.5 Å². The summed E-state index contributed by atoms with van der Waals surface area (Å²) in [6, 6.07) is 9.23. The van der Waals surface area contributed by atoms with Crippen LogP contribution in [0.3, 0.4) is 0 Å². The standard InChI is InChI=1S/C16H11N3O2S/c1-9-4-2-3-5-10(9)19-11-6-7-17-15-13(11)14(18-16(19)21)12(8-20)22-15/h2-8H,1H3,(H,18,21). The highest BCUT2D eigenvalue weighted by molar-refractivity contribution is 7.21. The van der Waals surface area contributed by atoms with Crippen molar-refractivity contribution in [3.63, 3.8) is 0 Å². The Morgan fingerprint density at radius 3 is 2.82 bits per heavy atom. The third-order valence-corrected chi connectivity index (χ3v) is 4.76. The molecule has 3 heterocycles. The van der Waals surface area contributed by atoms with E-state index in [9.17, 15) is 9.59 Å². The lowest BCUT2D eigenvalue weighted by Crippen LogP contribution is -2.34. The number of pyridine rings is 1. The maximum absolute atomic E-state index is 12.6. The number of aromatic nitrogens is 1. The van der Waals surface area contributed by atoms with E-state index in [1.807, 2.05) is 31.2 Å². The molecule has 3 aromatic rings. The minimum atomic E-state index is -0.268. The zero-order chi connectivity index (χ0) is 15.3. The molecule has 1 aliphatic rings. The van der Waals surface area contributed by atoms with E-state index in [2.05, 4.69) is 10.3 Å². The highest BCUT2D eigenvalue weighted by Gasteiger charge is 2.31. The molecule has 0 fully saturated rings. The Morgan fingerprint density at radius 1 is 1.23 bits per heavy atom. The maximum atomic E-state index is 12.6. The number of amides is 2. The van der Waals surface area contributed by atoms with E-state index < -0.39 is 0 Å². The molecule has 1 aromatic carbocycles. The van der Waals surface area contributed by atoms with Crippen molar-refractivity contribution in [1.29, 1.82) is 0 Å². The van der Waals surface area contributed by atoms with E-state index >= 15 is 0 Å². The molecule has 4 rings (SSSR count). The fourth-order valence-electron chi connectivity index (χ4n) is 2.74. The number of anilines is 3. The van der Waals surface area contributed by atoms with E-state index in [-0.39, 0.29) is 6.03 Å². The number of carbonyl (C=O) groups excluding carboxylic acids is 2. The summed E-state index contributed by atoms with van der Waals surface area (Å²) in [5.41, 5.74) is 3.13. The second-order valence-corrected chi connectivity index (χ2v) is 6.05. The lowest BCUT2D eigenvalue weighted by molar-refractivity contribution is 0.112. The monoisotopic (exact) mass is 309 g/mol. The van der Waals surface area contributed by atoms with Crippen molar-refractivity contribution in [2.75, 3.05) is 10.2 Å². The lowest BCUT2D eigenvalue weighted by Gasteiger charge is -2.29. The third kappa shape index (κ3) is 1.67. The quantitative estimate of drug-likeness (QED) is 0.725. The van der Waals surface area contributed by atoms with Gasteiger partial charge in [0.15, 0.2) is 6.29 Å². The van der Waals surface area contributed by atoms with Crippen LogP contribution in [0.5, 0.6) is 0 Å². The van der Waals surface area contributed by atoms with Crippen LogP contribution < -0.4 is 10.2 Å². The molecule has 1 N–H and O–H groups in total. The molecular weight excluding hydrogens is 298 g/mol. The van der Waals surface area contributed by atoms with Gasteiger partial charge in [-0.2, -0.15) is 0 Å². The minimum absolute atomic E-state index is 0.268. The van der Waals surface area contributed by atoms with Crippen molar-refractivity contribution < 1.29 is 9.59 Å². The van der Waals surface area contributed by atoms with Crippen LogP contribution in [0, 0.1) is 6.92 Å². The Hall–Kier alpha value is -2.73. The average molecular weight is 309 g/mol. The van der Waals surface area contributed by atoms with Gasteiger partial charge in [0.25, 0.3) is 0 Å². The van der Waals surface area contributed by atoms with Crippen LogP contribution in [-0.4, -0.2) is 17.3 Å². The predicted molar refractivity (Wildman–Crippen MR) is 87.3 cm³/mol. The zero-order valence-corrected chi connectivity index (χ0v) is 12.5. The van der Waals surface area contributed by atoms with Crippen LogP contribution in [0.1, 0.15) is 15.2 Å². The molecule has 5 nitrogen and oxygen atoms in total. The Labute approximate surface area is 130 Å². The Balaban J connectivity index is 2.04. The van der Waals surface area contributed by atoms with Gasteiger partial charge in [-0.1, -0.05) is 18.2 Å². The second-order valence-electron chi connectivity index (χ2n) is 5.02. The van der Waals surface area contributed by atoms with Gasteiger partial charge < -0.3 is 5.32 Å². The lowest BCUT2D eigenvalue weighted by atomic mass is 10.1. The van der Waals surface area contributed by atoms with Crippen molar-refractivity contribution in [3.8, 4) is 0 Å². The van der Waals surface area contributed by atoms with E-state index in [0.29, 0.717) is 10.6 Å². The van der Waals surface area contributed by atoms with Gasteiger partial charge in [0, 0.05) is 6.20 Å². The van der Waals surface area contributed by atoms with E-state index in [0.717, 1.165) is 33.4 Å². The molecule has 6 heteroatoms. The topological polar surface area (TPSA) is 62.3 Å². The van der Waals surface area contributed by atoms with Crippen molar-refractivity contribution in [2.24, 2.45) is 0 Å². The number of urea groups is 1. The van der Waals surface area contributed by atoms with Crippen LogP contribution in [-0.2, 0) is 0 Å². The molecule has 0 aliphatic carbocycles. The number of carbonyl (C=O) groups is 2. The largest absolute Gasteiger partial charge is 0.331 e. The average Bonchev–Trinajstić information content (AvgIpc) is 2.88. The van der Waals surface area contributed by atoms with Crippen molar-refractivity contribution in [2.45, 2.75) is 6.92 Å². The fraction of sp³-hybridized carbons (Fsp3) is 0.0625. The summed E-state index contributed by atoms with van der Waals surface area (Å²) in [4.78, 5) is 31.0. The summed E-state index contributed by atoms with van der Waals surface area (Å²) in [7, 11) is 0. The van der Waals surface area contributed by atoms with Crippen molar-refractivity contribution in [3.05, 3.63) is 47.0 Å². The predicted octanol–water partition coefficient (Wildman–Crippen LogP) is 4.10. The number of para-hydroxylation sites is 1. The number of nitrogens with one attached hydrogen (secondary N) is 1. The van der Waals surface area contributed by atoms with Gasteiger partial charge in [-0.25, -0.2) is 9.78 Å². The first-order valence-corrected chi connectivity index (χ1v) is 7.56. The molecule has 1 aliphatic heterocycles. The first kappa shape index (κ1) is 13.0. The Bertz CT molecular complexity index is 932. The van der Waals surface area contributed by atoms with Crippen LogP contribution in [0.4, 0.5) is 21.9 Å². The first-order valence-electron chi connectivity index (χ1n) is 6.74. The third-order valence-electron chi connectivity index (χ3n) is 3.74. The summed E-state index contributed by atoms with van der Waals surface area (Å²) >= 11 is 1.29. The van der Waals surface area contributed by atoms with Gasteiger partial charge in [-0.05, 0) is 24.6 Å². The number of hydrogen-bond acceptors (Lipinski definition) is 4.